The van der Waals surface area contributed by atoms with Crippen LogP contribution < -0.4 is 5.73 Å². The molecule has 0 bridgehead atoms. The van der Waals surface area contributed by atoms with E-state index in [1.807, 2.05) is 36.9 Å². The van der Waals surface area contributed by atoms with Crippen LogP contribution in [0.5, 0.6) is 0 Å². The van der Waals surface area contributed by atoms with Gasteiger partial charge in [0.25, 0.3) is 5.91 Å². The van der Waals surface area contributed by atoms with Crippen LogP contribution in [0.4, 0.5) is 0 Å². The van der Waals surface area contributed by atoms with Gasteiger partial charge >= 0.3 is 0 Å². The summed E-state index contributed by atoms with van der Waals surface area (Å²) in [6.45, 7) is 5.57. The molecule has 3 nitrogen and oxygen atoms in total. The monoisotopic (exact) mass is 232 g/mol. The van der Waals surface area contributed by atoms with E-state index in [1.165, 1.54) is 0 Å². The lowest BCUT2D eigenvalue weighted by molar-refractivity contribution is 0.0714. The predicted octanol–water partition coefficient (Wildman–Crippen LogP) is 1.87. The Morgan fingerprint density at radius 3 is 2.59 bits per heavy atom. The van der Waals surface area contributed by atoms with E-state index in [1.54, 1.807) is 0 Å². The number of amides is 1. The Labute approximate surface area is 103 Å². The minimum absolute atomic E-state index is 0.151. The molecule has 3 heteroatoms. The molecule has 1 fully saturated rings. The molecule has 0 radical (unpaired) electrons. The van der Waals surface area contributed by atoms with Crippen molar-refractivity contribution in [3.8, 4) is 0 Å². The zero-order chi connectivity index (χ0) is 12.4. The van der Waals surface area contributed by atoms with Gasteiger partial charge in [0, 0.05) is 24.7 Å². The normalized spacial score (nSPS) is 17.2. The van der Waals surface area contributed by atoms with Crippen molar-refractivity contribution >= 4 is 5.91 Å². The molecule has 1 saturated heterocycles. The zero-order valence-corrected chi connectivity index (χ0v) is 10.6. The quantitative estimate of drug-likeness (QED) is 0.803. The van der Waals surface area contributed by atoms with Crippen molar-refractivity contribution in [3.63, 3.8) is 0 Å². The summed E-state index contributed by atoms with van der Waals surface area (Å²) < 4.78 is 0. The molecule has 1 heterocycles. The van der Waals surface area contributed by atoms with E-state index in [0.29, 0.717) is 0 Å². The first-order chi connectivity index (χ1) is 8.08. The molecule has 1 amide bonds. The van der Waals surface area contributed by atoms with Gasteiger partial charge in [-0.15, -0.1) is 0 Å². The number of likely N-dealkylation sites (tertiary alicyclic amines) is 1. The van der Waals surface area contributed by atoms with Crippen LogP contribution in [-0.2, 0) is 0 Å². The predicted molar refractivity (Wildman–Crippen MR) is 69.0 cm³/mol. The third-order valence-corrected chi connectivity index (χ3v) is 3.45. The number of nitrogens with zero attached hydrogens (tertiary/aromatic N) is 1. The second kappa shape index (κ2) is 4.88. The van der Waals surface area contributed by atoms with Crippen molar-refractivity contribution in [2.75, 3.05) is 13.1 Å². The molecule has 0 unspecified atom stereocenters. The summed E-state index contributed by atoms with van der Waals surface area (Å²) in [5.41, 5.74) is 8.87. The fourth-order valence-electron chi connectivity index (χ4n) is 2.24. The standard InChI is InChI=1S/C14H20N2O/c1-10-3-4-11(2)13(9-10)14(17)16-7-5-12(15)6-8-16/h3-4,9,12H,5-8,15H2,1-2H3. The molecule has 0 aliphatic carbocycles. The largest absolute Gasteiger partial charge is 0.339 e. The highest BCUT2D eigenvalue weighted by molar-refractivity contribution is 5.95. The van der Waals surface area contributed by atoms with E-state index in [0.717, 1.165) is 42.6 Å². The van der Waals surface area contributed by atoms with Gasteiger partial charge in [-0.1, -0.05) is 17.7 Å². The maximum absolute atomic E-state index is 12.4. The van der Waals surface area contributed by atoms with Crippen LogP contribution in [0.3, 0.4) is 0 Å². The maximum Gasteiger partial charge on any atom is 0.254 e. The van der Waals surface area contributed by atoms with E-state index in [4.69, 9.17) is 5.73 Å². The topological polar surface area (TPSA) is 46.3 Å². The molecule has 92 valence electrons. The van der Waals surface area contributed by atoms with E-state index >= 15 is 0 Å². The minimum Gasteiger partial charge on any atom is -0.339 e. The van der Waals surface area contributed by atoms with Gasteiger partial charge in [-0.25, -0.2) is 0 Å². The van der Waals surface area contributed by atoms with Crippen LogP contribution >= 0.6 is 0 Å². The Morgan fingerprint density at radius 1 is 1.29 bits per heavy atom. The molecular formula is C14H20N2O. The fourth-order valence-corrected chi connectivity index (χ4v) is 2.24. The summed E-state index contributed by atoms with van der Waals surface area (Å²) in [5.74, 6) is 0.151. The highest BCUT2D eigenvalue weighted by Crippen LogP contribution is 2.16. The summed E-state index contributed by atoms with van der Waals surface area (Å²) in [4.78, 5) is 14.3. The summed E-state index contributed by atoms with van der Waals surface area (Å²) in [6.07, 6.45) is 1.83. The lowest BCUT2D eigenvalue weighted by atomic mass is 10.0. The number of rotatable bonds is 1. The average Bonchev–Trinajstić information content (AvgIpc) is 2.32. The van der Waals surface area contributed by atoms with Gasteiger partial charge in [-0.3, -0.25) is 4.79 Å². The molecule has 2 rings (SSSR count). The Bertz CT molecular complexity index is 420. The van der Waals surface area contributed by atoms with Crippen LogP contribution in [0.2, 0.25) is 0 Å². The zero-order valence-electron chi connectivity index (χ0n) is 10.6. The van der Waals surface area contributed by atoms with Gasteiger partial charge in [0.1, 0.15) is 0 Å². The van der Waals surface area contributed by atoms with E-state index in [-0.39, 0.29) is 11.9 Å². The number of hydrogen-bond acceptors (Lipinski definition) is 2. The van der Waals surface area contributed by atoms with Crippen molar-refractivity contribution in [3.05, 3.63) is 34.9 Å². The highest BCUT2D eigenvalue weighted by atomic mass is 16.2. The van der Waals surface area contributed by atoms with Crippen LogP contribution in [0.1, 0.15) is 34.3 Å². The Kier molecular flexibility index (Phi) is 3.48. The van der Waals surface area contributed by atoms with Gasteiger partial charge in [0.15, 0.2) is 0 Å². The molecule has 2 N–H and O–H groups in total. The summed E-state index contributed by atoms with van der Waals surface area (Å²) in [7, 11) is 0. The molecule has 1 aliphatic rings. The van der Waals surface area contributed by atoms with E-state index < -0.39 is 0 Å². The second-order valence-electron chi connectivity index (χ2n) is 4.95. The van der Waals surface area contributed by atoms with Crippen LogP contribution in [0.15, 0.2) is 18.2 Å². The molecule has 1 aromatic rings. The molecule has 17 heavy (non-hydrogen) atoms. The SMILES string of the molecule is Cc1ccc(C)c(C(=O)N2CCC(N)CC2)c1. The number of hydrogen-bond donors (Lipinski definition) is 1. The third kappa shape index (κ3) is 2.67. The summed E-state index contributed by atoms with van der Waals surface area (Å²) in [5, 5.41) is 0. The van der Waals surface area contributed by atoms with Crippen molar-refractivity contribution in [1.29, 1.82) is 0 Å². The highest BCUT2D eigenvalue weighted by Gasteiger charge is 2.22. The third-order valence-electron chi connectivity index (χ3n) is 3.45. The number of benzene rings is 1. The number of carbonyl (C=O) groups is 1. The second-order valence-corrected chi connectivity index (χ2v) is 4.95. The van der Waals surface area contributed by atoms with Gasteiger partial charge < -0.3 is 10.6 Å². The lowest BCUT2D eigenvalue weighted by Gasteiger charge is -2.30. The summed E-state index contributed by atoms with van der Waals surface area (Å²) in [6, 6.07) is 6.29. The Hall–Kier alpha value is -1.35. The van der Waals surface area contributed by atoms with Gasteiger partial charge in [-0.05, 0) is 38.3 Å². The molecule has 0 atom stereocenters. The molecule has 0 saturated carbocycles. The molecular weight excluding hydrogens is 212 g/mol. The van der Waals surface area contributed by atoms with E-state index in [2.05, 4.69) is 0 Å². The Morgan fingerprint density at radius 2 is 1.94 bits per heavy atom. The molecule has 0 aromatic heterocycles. The number of carbonyl (C=O) groups excluding carboxylic acids is 1. The maximum atomic E-state index is 12.4. The molecule has 1 aromatic carbocycles. The van der Waals surface area contributed by atoms with E-state index in [9.17, 15) is 4.79 Å². The van der Waals surface area contributed by atoms with Gasteiger partial charge in [-0.2, -0.15) is 0 Å². The lowest BCUT2D eigenvalue weighted by Crippen LogP contribution is -2.43. The van der Waals surface area contributed by atoms with Crippen LogP contribution in [-0.4, -0.2) is 29.9 Å². The fraction of sp³-hybridized carbons (Fsp3) is 0.500. The Balaban J connectivity index is 2.16. The van der Waals surface area contributed by atoms with Gasteiger partial charge in [0.2, 0.25) is 0 Å². The van der Waals surface area contributed by atoms with Gasteiger partial charge in [0.05, 0.1) is 0 Å². The summed E-state index contributed by atoms with van der Waals surface area (Å²) >= 11 is 0. The molecule has 0 spiro atoms. The van der Waals surface area contributed by atoms with Crippen molar-refractivity contribution < 1.29 is 4.79 Å². The number of aryl methyl sites for hydroxylation is 2. The molecule has 1 aliphatic heterocycles. The van der Waals surface area contributed by atoms with Crippen molar-refractivity contribution in [1.82, 2.24) is 4.90 Å². The van der Waals surface area contributed by atoms with Crippen molar-refractivity contribution in [2.45, 2.75) is 32.7 Å². The first-order valence-electron chi connectivity index (χ1n) is 6.20. The number of nitrogens with two attached hydrogens (primary N) is 1. The first kappa shape index (κ1) is 12.1. The smallest absolute Gasteiger partial charge is 0.254 e. The number of piperidine rings is 1. The minimum atomic E-state index is 0.151. The van der Waals surface area contributed by atoms with Crippen LogP contribution in [0, 0.1) is 13.8 Å². The first-order valence-corrected chi connectivity index (χ1v) is 6.20. The van der Waals surface area contributed by atoms with Crippen LogP contribution in [0.25, 0.3) is 0 Å². The van der Waals surface area contributed by atoms with Crippen molar-refractivity contribution in [2.24, 2.45) is 5.73 Å². The average molecular weight is 232 g/mol.